The molecule has 0 saturated carbocycles. The van der Waals surface area contributed by atoms with Gasteiger partial charge in [0.2, 0.25) is 5.91 Å². The van der Waals surface area contributed by atoms with E-state index in [0.717, 1.165) is 33.5 Å². The van der Waals surface area contributed by atoms with Crippen molar-refractivity contribution in [1.29, 1.82) is 0 Å². The average molecular weight is 301 g/mol. The van der Waals surface area contributed by atoms with Crippen LogP contribution in [0, 0.1) is 13.8 Å². The second-order valence-electron chi connectivity index (χ2n) is 5.54. The number of aryl methyl sites for hydroxylation is 2. The van der Waals surface area contributed by atoms with Crippen LogP contribution in [0.2, 0.25) is 5.02 Å². The molecule has 0 bridgehead atoms. The molecule has 4 heteroatoms. The third-order valence-corrected chi connectivity index (χ3v) is 4.36. The van der Waals surface area contributed by atoms with Crippen molar-refractivity contribution in [2.24, 2.45) is 5.73 Å². The maximum Gasteiger partial charge on any atom is 0.228 e. The fourth-order valence-corrected chi connectivity index (χ4v) is 3.26. The Bertz CT molecular complexity index is 720. The summed E-state index contributed by atoms with van der Waals surface area (Å²) in [5, 5.41) is 3.39. The first-order valence-corrected chi connectivity index (χ1v) is 7.29. The summed E-state index contributed by atoms with van der Waals surface area (Å²) >= 11 is 6.37. The Morgan fingerprint density at radius 2 is 1.90 bits per heavy atom. The average Bonchev–Trinajstić information content (AvgIpc) is 2.76. The molecule has 2 aromatic rings. The largest absolute Gasteiger partial charge is 0.325 e. The van der Waals surface area contributed by atoms with Gasteiger partial charge in [0.05, 0.1) is 12.5 Å². The Balaban J connectivity index is 2.09. The molecule has 0 fully saturated rings. The van der Waals surface area contributed by atoms with Crippen LogP contribution >= 0.6 is 11.6 Å². The molecule has 2 aromatic carbocycles. The fraction of sp³-hybridized carbons (Fsp3) is 0.235. The zero-order valence-corrected chi connectivity index (χ0v) is 12.8. The van der Waals surface area contributed by atoms with Crippen molar-refractivity contribution in [3.8, 4) is 0 Å². The van der Waals surface area contributed by atoms with Crippen molar-refractivity contribution >= 4 is 23.2 Å². The van der Waals surface area contributed by atoms with Crippen LogP contribution in [0.25, 0.3) is 0 Å². The zero-order chi connectivity index (χ0) is 15.1. The molecule has 3 N–H and O–H groups in total. The highest BCUT2D eigenvalue weighted by atomic mass is 35.5. The van der Waals surface area contributed by atoms with Crippen molar-refractivity contribution in [3.63, 3.8) is 0 Å². The minimum absolute atomic E-state index is 0.00106. The molecule has 1 unspecified atom stereocenters. The number of nitrogens with one attached hydrogen (secondary N) is 1. The van der Waals surface area contributed by atoms with Crippen LogP contribution in [0.15, 0.2) is 30.3 Å². The van der Waals surface area contributed by atoms with E-state index in [1.807, 2.05) is 12.1 Å². The van der Waals surface area contributed by atoms with E-state index in [1.54, 1.807) is 6.07 Å². The number of carbonyl (C=O) groups is 1. The van der Waals surface area contributed by atoms with Gasteiger partial charge in [0, 0.05) is 10.7 Å². The number of nitrogens with two attached hydrogens (primary N) is 1. The lowest BCUT2D eigenvalue weighted by molar-refractivity contribution is -0.115. The number of amides is 1. The molecule has 21 heavy (non-hydrogen) atoms. The van der Waals surface area contributed by atoms with Crippen molar-refractivity contribution in [1.82, 2.24) is 0 Å². The second kappa shape index (κ2) is 5.17. The van der Waals surface area contributed by atoms with E-state index in [9.17, 15) is 4.79 Å². The van der Waals surface area contributed by atoms with Gasteiger partial charge in [-0.05, 0) is 53.8 Å². The Morgan fingerprint density at radius 1 is 1.24 bits per heavy atom. The number of benzene rings is 2. The van der Waals surface area contributed by atoms with Crippen molar-refractivity contribution in [2.75, 3.05) is 5.32 Å². The SMILES string of the molecule is Cc1cccc(C)c1C(N)c1cc2c(cc1Cl)NC(=O)C2. The van der Waals surface area contributed by atoms with Gasteiger partial charge in [0.1, 0.15) is 0 Å². The van der Waals surface area contributed by atoms with Crippen molar-refractivity contribution in [2.45, 2.75) is 26.3 Å². The molecule has 0 spiro atoms. The van der Waals surface area contributed by atoms with Gasteiger partial charge >= 0.3 is 0 Å². The molecule has 1 amide bonds. The molecule has 3 rings (SSSR count). The minimum Gasteiger partial charge on any atom is -0.325 e. The molecular weight excluding hydrogens is 284 g/mol. The molecule has 1 aliphatic heterocycles. The van der Waals surface area contributed by atoms with E-state index in [0.29, 0.717) is 11.4 Å². The molecule has 0 radical (unpaired) electrons. The summed E-state index contributed by atoms with van der Waals surface area (Å²) in [5.41, 5.74) is 12.5. The van der Waals surface area contributed by atoms with Crippen molar-refractivity contribution < 1.29 is 4.79 Å². The van der Waals surface area contributed by atoms with E-state index in [-0.39, 0.29) is 11.9 Å². The summed E-state index contributed by atoms with van der Waals surface area (Å²) in [7, 11) is 0. The third kappa shape index (κ3) is 2.43. The van der Waals surface area contributed by atoms with Gasteiger partial charge in [-0.1, -0.05) is 29.8 Å². The van der Waals surface area contributed by atoms with Gasteiger partial charge in [0.25, 0.3) is 0 Å². The maximum atomic E-state index is 11.5. The lowest BCUT2D eigenvalue weighted by atomic mass is 9.91. The van der Waals surface area contributed by atoms with E-state index < -0.39 is 0 Å². The molecule has 1 heterocycles. The lowest BCUT2D eigenvalue weighted by Gasteiger charge is -2.20. The first kappa shape index (κ1) is 14.1. The van der Waals surface area contributed by atoms with Crippen molar-refractivity contribution in [3.05, 3.63) is 63.2 Å². The summed E-state index contributed by atoms with van der Waals surface area (Å²) in [4.78, 5) is 11.5. The smallest absolute Gasteiger partial charge is 0.228 e. The van der Waals surface area contributed by atoms with Crippen LogP contribution < -0.4 is 11.1 Å². The molecule has 1 atom stereocenters. The predicted octanol–water partition coefficient (Wildman–Crippen LogP) is 3.50. The Labute approximate surface area is 129 Å². The van der Waals surface area contributed by atoms with Gasteiger partial charge < -0.3 is 11.1 Å². The quantitative estimate of drug-likeness (QED) is 0.892. The molecule has 0 saturated heterocycles. The molecule has 0 aromatic heterocycles. The summed E-state index contributed by atoms with van der Waals surface area (Å²) in [6.45, 7) is 4.10. The topological polar surface area (TPSA) is 55.1 Å². The second-order valence-corrected chi connectivity index (χ2v) is 5.95. The Kier molecular flexibility index (Phi) is 3.47. The lowest BCUT2D eigenvalue weighted by Crippen LogP contribution is -2.15. The highest BCUT2D eigenvalue weighted by Gasteiger charge is 2.23. The van der Waals surface area contributed by atoms with Crippen LogP contribution in [0.5, 0.6) is 0 Å². The summed E-state index contributed by atoms with van der Waals surface area (Å²) in [5.74, 6) is -0.00106. The fourth-order valence-electron chi connectivity index (χ4n) is 2.98. The molecule has 1 aliphatic rings. The Hall–Kier alpha value is -1.84. The van der Waals surface area contributed by atoms with Gasteiger partial charge in [-0.2, -0.15) is 0 Å². The molecular formula is C17H17ClN2O. The summed E-state index contributed by atoms with van der Waals surface area (Å²) in [6.07, 6.45) is 0.388. The van der Waals surface area contributed by atoms with Gasteiger partial charge in [-0.15, -0.1) is 0 Å². The van der Waals surface area contributed by atoms with Gasteiger partial charge in [-0.3, -0.25) is 4.79 Å². The number of carbonyl (C=O) groups excluding carboxylic acids is 1. The van der Waals surface area contributed by atoms with Crippen LogP contribution in [0.3, 0.4) is 0 Å². The number of hydrogen-bond acceptors (Lipinski definition) is 2. The maximum absolute atomic E-state index is 11.5. The minimum atomic E-state index is -0.292. The Morgan fingerprint density at radius 3 is 2.57 bits per heavy atom. The summed E-state index contributed by atoms with van der Waals surface area (Å²) < 4.78 is 0. The van der Waals surface area contributed by atoms with E-state index in [2.05, 4.69) is 31.3 Å². The standard InChI is InChI=1S/C17H17ClN2O/c1-9-4-3-5-10(2)16(9)17(19)12-6-11-7-15(21)20-14(11)8-13(12)18/h3-6,8,17H,7,19H2,1-2H3,(H,20,21). The van der Waals surface area contributed by atoms with Crippen LogP contribution in [0.4, 0.5) is 5.69 Å². The highest BCUT2D eigenvalue weighted by molar-refractivity contribution is 6.32. The number of fused-ring (bicyclic) bond motifs is 1. The van der Waals surface area contributed by atoms with Crippen LogP contribution in [-0.4, -0.2) is 5.91 Å². The number of rotatable bonds is 2. The summed E-state index contributed by atoms with van der Waals surface area (Å²) in [6, 6.07) is 9.58. The van der Waals surface area contributed by atoms with Gasteiger partial charge in [0.15, 0.2) is 0 Å². The van der Waals surface area contributed by atoms with Crippen LogP contribution in [-0.2, 0) is 11.2 Å². The van der Waals surface area contributed by atoms with E-state index >= 15 is 0 Å². The number of hydrogen-bond donors (Lipinski definition) is 2. The van der Waals surface area contributed by atoms with Crippen LogP contribution in [0.1, 0.15) is 33.9 Å². The van der Waals surface area contributed by atoms with E-state index in [4.69, 9.17) is 17.3 Å². The molecule has 3 nitrogen and oxygen atoms in total. The highest BCUT2D eigenvalue weighted by Crippen LogP contribution is 2.35. The third-order valence-electron chi connectivity index (χ3n) is 4.04. The zero-order valence-electron chi connectivity index (χ0n) is 12.0. The first-order chi connectivity index (χ1) is 9.97. The van der Waals surface area contributed by atoms with Gasteiger partial charge in [-0.25, -0.2) is 0 Å². The molecule has 108 valence electrons. The normalized spacial score (nSPS) is 14.8. The monoisotopic (exact) mass is 300 g/mol. The molecule has 0 aliphatic carbocycles. The predicted molar refractivity (Wildman–Crippen MR) is 85.7 cm³/mol. The number of halogens is 1. The first-order valence-electron chi connectivity index (χ1n) is 6.91. The van der Waals surface area contributed by atoms with E-state index in [1.165, 1.54) is 0 Å². The number of anilines is 1.